The Balaban J connectivity index is 1.77. The Kier molecular flexibility index (Phi) is 5.52. The molecule has 10 heteroatoms. The van der Waals surface area contributed by atoms with Crippen LogP contribution in [0.4, 0.5) is 5.69 Å². The van der Waals surface area contributed by atoms with E-state index in [1.165, 1.54) is 21.9 Å². The number of nitrogens with zero attached hydrogens (tertiary/aromatic N) is 5. The Morgan fingerprint density at radius 2 is 2.07 bits per heavy atom. The van der Waals surface area contributed by atoms with Gasteiger partial charge in [-0.2, -0.15) is 0 Å². The Morgan fingerprint density at radius 3 is 2.77 bits per heavy atom. The SMILES string of the molecule is CC(C)O/N=C1\CCN(S(C)(=O)=O)c2ccc(-c3cnc(-c4cccnc4)s3)nc21. The molecule has 3 aromatic rings. The van der Waals surface area contributed by atoms with Gasteiger partial charge in [0.25, 0.3) is 0 Å². The van der Waals surface area contributed by atoms with E-state index in [1.54, 1.807) is 24.7 Å². The van der Waals surface area contributed by atoms with Crippen LogP contribution in [-0.2, 0) is 14.9 Å². The summed E-state index contributed by atoms with van der Waals surface area (Å²) in [6.45, 7) is 4.08. The van der Waals surface area contributed by atoms with Crippen molar-refractivity contribution < 1.29 is 13.3 Å². The van der Waals surface area contributed by atoms with Gasteiger partial charge < -0.3 is 4.84 Å². The highest BCUT2D eigenvalue weighted by atomic mass is 32.2. The summed E-state index contributed by atoms with van der Waals surface area (Å²) in [5.41, 5.74) is 3.30. The highest BCUT2D eigenvalue weighted by molar-refractivity contribution is 7.92. The standard InChI is InChI=1S/C20H21N5O3S2/c1-13(2)28-24-16-8-10-25(30(3,26)27)17-7-6-15(23-19(16)17)18-12-22-20(29-18)14-5-4-9-21-11-14/h4-7,9,11-13H,8,10H2,1-3H3/b24-16+. The van der Waals surface area contributed by atoms with E-state index in [9.17, 15) is 8.42 Å². The zero-order valence-electron chi connectivity index (χ0n) is 16.8. The molecule has 0 amide bonds. The molecule has 0 aromatic carbocycles. The summed E-state index contributed by atoms with van der Waals surface area (Å²) < 4.78 is 25.9. The number of oxime groups is 1. The van der Waals surface area contributed by atoms with Crippen LogP contribution in [0, 0.1) is 0 Å². The Bertz CT molecular complexity index is 1190. The van der Waals surface area contributed by atoms with Crippen LogP contribution in [0.2, 0.25) is 0 Å². The van der Waals surface area contributed by atoms with E-state index in [0.717, 1.165) is 15.4 Å². The lowest BCUT2D eigenvalue weighted by molar-refractivity contribution is 0.0855. The molecule has 30 heavy (non-hydrogen) atoms. The van der Waals surface area contributed by atoms with Crippen LogP contribution in [0.5, 0.6) is 0 Å². The minimum absolute atomic E-state index is 0.0828. The fraction of sp³-hybridized carbons (Fsp3) is 0.300. The number of thiazole rings is 1. The largest absolute Gasteiger partial charge is 0.393 e. The molecule has 0 N–H and O–H groups in total. The molecule has 0 atom stereocenters. The molecule has 0 bridgehead atoms. The summed E-state index contributed by atoms with van der Waals surface area (Å²) in [5, 5.41) is 5.08. The molecule has 4 heterocycles. The van der Waals surface area contributed by atoms with E-state index < -0.39 is 10.0 Å². The number of aromatic nitrogens is 3. The van der Waals surface area contributed by atoms with Gasteiger partial charge in [0, 0.05) is 37.1 Å². The Morgan fingerprint density at radius 1 is 1.23 bits per heavy atom. The van der Waals surface area contributed by atoms with E-state index >= 15 is 0 Å². The van der Waals surface area contributed by atoms with Gasteiger partial charge in [-0.25, -0.2) is 18.4 Å². The van der Waals surface area contributed by atoms with Crippen molar-refractivity contribution in [2.75, 3.05) is 17.1 Å². The third-order valence-electron chi connectivity index (χ3n) is 4.41. The summed E-state index contributed by atoms with van der Waals surface area (Å²) in [5.74, 6) is 0. The number of hydrogen-bond donors (Lipinski definition) is 0. The van der Waals surface area contributed by atoms with E-state index in [4.69, 9.17) is 9.82 Å². The first-order valence-corrected chi connectivity index (χ1v) is 12.1. The molecular weight excluding hydrogens is 422 g/mol. The molecule has 0 fully saturated rings. The Hall–Kier alpha value is -2.85. The molecular formula is C20H21N5O3S2. The number of rotatable bonds is 5. The second kappa shape index (κ2) is 8.11. The predicted molar refractivity (Wildman–Crippen MR) is 118 cm³/mol. The van der Waals surface area contributed by atoms with Crippen molar-refractivity contribution in [3.8, 4) is 21.1 Å². The summed E-state index contributed by atoms with van der Waals surface area (Å²) in [4.78, 5) is 19.7. The average Bonchev–Trinajstić information content (AvgIpc) is 3.21. The second-order valence-electron chi connectivity index (χ2n) is 7.11. The summed E-state index contributed by atoms with van der Waals surface area (Å²) in [6.07, 6.45) is 6.78. The Labute approximate surface area is 179 Å². The van der Waals surface area contributed by atoms with Crippen LogP contribution < -0.4 is 4.31 Å². The highest BCUT2D eigenvalue weighted by Crippen LogP contribution is 2.34. The fourth-order valence-corrected chi connectivity index (χ4v) is 4.87. The van der Waals surface area contributed by atoms with Gasteiger partial charge in [0.15, 0.2) is 0 Å². The molecule has 0 spiro atoms. The maximum atomic E-state index is 12.3. The molecule has 1 aliphatic rings. The van der Waals surface area contributed by atoms with Crippen LogP contribution in [0.25, 0.3) is 21.1 Å². The van der Waals surface area contributed by atoms with Crippen molar-refractivity contribution in [2.24, 2.45) is 5.16 Å². The molecule has 156 valence electrons. The second-order valence-corrected chi connectivity index (χ2v) is 10.1. The first-order chi connectivity index (χ1) is 14.3. The van der Waals surface area contributed by atoms with Crippen molar-refractivity contribution in [1.82, 2.24) is 15.0 Å². The lowest BCUT2D eigenvalue weighted by Gasteiger charge is -2.29. The van der Waals surface area contributed by atoms with E-state index in [2.05, 4.69) is 15.1 Å². The van der Waals surface area contributed by atoms with Gasteiger partial charge >= 0.3 is 0 Å². The summed E-state index contributed by atoms with van der Waals surface area (Å²) in [7, 11) is -3.42. The van der Waals surface area contributed by atoms with E-state index in [0.29, 0.717) is 35.8 Å². The number of pyridine rings is 2. The first-order valence-electron chi connectivity index (χ1n) is 9.41. The van der Waals surface area contributed by atoms with Crippen molar-refractivity contribution in [3.63, 3.8) is 0 Å². The molecule has 0 saturated carbocycles. The highest BCUT2D eigenvalue weighted by Gasteiger charge is 2.30. The number of fused-ring (bicyclic) bond motifs is 1. The lowest BCUT2D eigenvalue weighted by atomic mass is 10.1. The van der Waals surface area contributed by atoms with Crippen LogP contribution in [0.15, 0.2) is 48.0 Å². The van der Waals surface area contributed by atoms with Crippen LogP contribution in [0.1, 0.15) is 26.0 Å². The average molecular weight is 444 g/mol. The summed E-state index contributed by atoms with van der Waals surface area (Å²) in [6, 6.07) is 7.40. The van der Waals surface area contributed by atoms with Crippen LogP contribution >= 0.6 is 11.3 Å². The van der Waals surface area contributed by atoms with Crippen LogP contribution in [-0.4, -0.2) is 48.0 Å². The normalized spacial score (nSPS) is 15.5. The smallest absolute Gasteiger partial charge is 0.232 e. The van der Waals surface area contributed by atoms with Gasteiger partial charge in [-0.3, -0.25) is 9.29 Å². The molecule has 4 rings (SSSR count). The van der Waals surface area contributed by atoms with Crippen molar-refractivity contribution >= 4 is 32.8 Å². The van der Waals surface area contributed by atoms with Gasteiger partial charge in [0.2, 0.25) is 10.0 Å². The topological polar surface area (TPSA) is 97.6 Å². The van der Waals surface area contributed by atoms with E-state index in [-0.39, 0.29) is 6.10 Å². The summed E-state index contributed by atoms with van der Waals surface area (Å²) >= 11 is 1.50. The first kappa shape index (κ1) is 20.4. The van der Waals surface area contributed by atoms with Crippen molar-refractivity contribution in [1.29, 1.82) is 0 Å². The maximum absolute atomic E-state index is 12.3. The molecule has 1 aliphatic heterocycles. The zero-order valence-corrected chi connectivity index (χ0v) is 18.4. The number of sulfonamides is 1. The molecule has 0 saturated heterocycles. The van der Waals surface area contributed by atoms with Gasteiger partial charge in [-0.05, 0) is 38.1 Å². The molecule has 0 radical (unpaired) electrons. The molecule has 3 aromatic heterocycles. The zero-order chi connectivity index (χ0) is 21.3. The van der Waals surface area contributed by atoms with E-state index in [1.807, 2.05) is 32.0 Å². The van der Waals surface area contributed by atoms with Crippen molar-refractivity contribution in [3.05, 3.63) is 48.5 Å². The van der Waals surface area contributed by atoms with Crippen LogP contribution in [0.3, 0.4) is 0 Å². The van der Waals surface area contributed by atoms with Gasteiger partial charge in [-0.15, -0.1) is 11.3 Å². The van der Waals surface area contributed by atoms with Gasteiger partial charge in [0.05, 0.1) is 22.5 Å². The molecule has 0 aliphatic carbocycles. The third-order valence-corrected chi connectivity index (χ3v) is 6.66. The van der Waals surface area contributed by atoms with Gasteiger partial charge in [0.1, 0.15) is 22.5 Å². The third kappa shape index (κ3) is 4.19. The molecule has 8 nitrogen and oxygen atoms in total. The quantitative estimate of drug-likeness (QED) is 0.559. The van der Waals surface area contributed by atoms with Crippen molar-refractivity contribution in [2.45, 2.75) is 26.4 Å². The minimum Gasteiger partial charge on any atom is -0.393 e. The predicted octanol–water partition coefficient (Wildman–Crippen LogP) is 3.57. The minimum atomic E-state index is -3.42. The number of hydrogen-bond acceptors (Lipinski definition) is 8. The fourth-order valence-electron chi connectivity index (χ4n) is 3.07. The van der Waals surface area contributed by atoms with Gasteiger partial charge in [-0.1, -0.05) is 5.16 Å². The number of anilines is 1. The molecule has 0 unspecified atom stereocenters. The lowest BCUT2D eigenvalue weighted by Crippen LogP contribution is -2.37. The monoisotopic (exact) mass is 443 g/mol. The maximum Gasteiger partial charge on any atom is 0.232 e.